The normalized spacial score (nSPS) is 11.7. The molecule has 0 aliphatic rings. The average molecular weight is 321 g/mol. The zero-order valence-corrected chi connectivity index (χ0v) is 13.4. The van der Waals surface area contributed by atoms with Crippen LogP contribution >= 0.6 is 0 Å². The van der Waals surface area contributed by atoms with Crippen LogP contribution in [0.15, 0.2) is 66.9 Å². The number of H-pyrrole nitrogens is 1. The van der Waals surface area contributed by atoms with Gasteiger partial charge in [-0.25, -0.2) is 9.78 Å². The molecule has 5 nitrogen and oxygen atoms in total. The summed E-state index contributed by atoms with van der Waals surface area (Å²) in [6.45, 7) is 2.10. The van der Waals surface area contributed by atoms with Gasteiger partial charge < -0.3 is 15.0 Å². The van der Waals surface area contributed by atoms with Gasteiger partial charge in [0.1, 0.15) is 12.4 Å². The zero-order valence-electron chi connectivity index (χ0n) is 13.4. The highest BCUT2D eigenvalue weighted by Gasteiger charge is 2.14. The van der Waals surface area contributed by atoms with E-state index in [-0.39, 0.29) is 12.6 Å². The minimum Gasteiger partial charge on any atom is -0.445 e. The summed E-state index contributed by atoms with van der Waals surface area (Å²) in [5, 5.41) is 2.78. The summed E-state index contributed by atoms with van der Waals surface area (Å²) in [4.78, 5) is 19.5. The van der Waals surface area contributed by atoms with Crippen LogP contribution in [0.2, 0.25) is 0 Å². The van der Waals surface area contributed by atoms with Crippen LogP contribution in [0.3, 0.4) is 0 Å². The molecule has 0 saturated carbocycles. The molecule has 24 heavy (non-hydrogen) atoms. The number of carbonyl (C=O) groups is 1. The Kier molecular flexibility index (Phi) is 4.91. The third kappa shape index (κ3) is 4.01. The molecular weight excluding hydrogens is 302 g/mol. The Bertz CT molecular complexity index is 785. The fraction of sp³-hybridized carbons (Fsp3) is 0.158. The topological polar surface area (TPSA) is 67.0 Å². The summed E-state index contributed by atoms with van der Waals surface area (Å²) in [5.41, 5.74) is 2.91. The summed E-state index contributed by atoms with van der Waals surface area (Å²) in [5.74, 6) is 0.686. The van der Waals surface area contributed by atoms with Crippen molar-refractivity contribution in [1.82, 2.24) is 15.3 Å². The molecule has 1 amide bonds. The van der Waals surface area contributed by atoms with Crippen LogP contribution in [-0.2, 0) is 11.3 Å². The molecule has 5 heteroatoms. The van der Waals surface area contributed by atoms with E-state index >= 15 is 0 Å². The highest BCUT2D eigenvalue weighted by Crippen LogP contribution is 2.18. The fourth-order valence-electron chi connectivity index (χ4n) is 2.33. The average Bonchev–Trinajstić information content (AvgIpc) is 3.12. The molecule has 0 aliphatic heterocycles. The molecule has 3 rings (SSSR count). The number of ether oxygens (including phenoxy) is 1. The first-order chi connectivity index (χ1) is 11.7. The van der Waals surface area contributed by atoms with Gasteiger partial charge in [0.2, 0.25) is 0 Å². The van der Waals surface area contributed by atoms with Crippen LogP contribution < -0.4 is 5.32 Å². The molecule has 0 radical (unpaired) electrons. The van der Waals surface area contributed by atoms with Crippen molar-refractivity contribution in [3.8, 4) is 11.3 Å². The second kappa shape index (κ2) is 7.46. The molecule has 0 saturated heterocycles. The quantitative estimate of drug-likeness (QED) is 0.744. The van der Waals surface area contributed by atoms with Crippen molar-refractivity contribution in [1.29, 1.82) is 0 Å². The van der Waals surface area contributed by atoms with E-state index < -0.39 is 6.09 Å². The molecule has 1 heterocycles. The molecule has 0 aliphatic carbocycles. The Labute approximate surface area is 140 Å². The number of imidazole rings is 1. The minimum absolute atomic E-state index is 0.243. The van der Waals surface area contributed by atoms with Crippen molar-refractivity contribution in [2.45, 2.75) is 19.6 Å². The van der Waals surface area contributed by atoms with Crippen molar-refractivity contribution in [3.63, 3.8) is 0 Å². The third-order valence-corrected chi connectivity index (χ3v) is 3.64. The first-order valence-corrected chi connectivity index (χ1v) is 7.80. The maximum absolute atomic E-state index is 11.9. The van der Waals surface area contributed by atoms with Gasteiger partial charge in [0, 0.05) is 0 Å². The maximum atomic E-state index is 11.9. The molecule has 3 aromatic rings. The van der Waals surface area contributed by atoms with E-state index in [0.717, 1.165) is 16.8 Å². The Morgan fingerprint density at radius 3 is 2.50 bits per heavy atom. The molecule has 1 unspecified atom stereocenters. The van der Waals surface area contributed by atoms with Crippen molar-refractivity contribution < 1.29 is 9.53 Å². The lowest BCUT2D eigenvalue weighted by atomic mass is 10.2. The number of carbonyl (C=O) groups excluding carboxylic acids is 1. The smallest absolute Gasteiger partial charge is 0.408 e. The summed E-state index contributed by atoms with van der Waals surface area (Å²) < 4.78 is 5.22. The van der Waals surface area contributed by atoms with Gasteiger partial charge in [-0.05, 0) is 18.1 Å². The molecule has 2 aromatic carbocycles. The van der Waals surface area contributed by atoms with E-state index in [9.17, 15) is 4.79 Å². The van der Waals surface area contributed by atoms with Crippen molar-refractivity contribution >= 4 is 6.09 Å². The number of amides is 1. The Balaban J connectivity index is 1.56. The second-order valence-corrected chi connectivity index (χ2v) is 5.48. The van der Waals surface area contributed by atoms with Crippen LogP contribution in [0.5, 0.6) is 0 Å². The van der Waals surface area contributed by atoms with Gasteiger partial charge in [-0.15, -0.1) is 0 Å². The van der Waals surface area contributed by atoms with E-state index in [0.29, 0.717) is 5.82 Å². The summed E-state index contributed by atoms with van der Waals surface area (Å²) >= 11 is 0. The van der Waals surface area contributed by atoms with Gasteiger partial charge in [0.05, 0.1) is 17.9 Å². The van der Waals surface area contributed by atoms with Crippen molar-refractivity contribution in [2.24, 2.45) is 0 Å². The first kappa shape index (κ1) is 15.8. The Morgan fingerprint density at radius 1 is 1.12 bits per heavy atom. The first-order valence-electron chi connectivity index (χ1n) is 7.80. The SMILES string of the molecule is CC(NC(=O)OCc1ccccc1)c1ncc(-c2ccccc2)[nH]1. The van der Waals surface area contributed by atoms with Gasteiger partial charge in [0.25, 0.3) is 0 Å². The molecule has 2 N–H and O–H groups in total. The molecule has 122 valence electrons. The lowest BCUT2D eigenvalue weighted by molar-refractivity contribution is 0.136. The number of aromatic amines is 1. The second-order valence-electron chi connectivity index (χ2n) is 5.48. The van der Waals surface area contributed by atoms with E-state index in [4.69, 9.17) is 4.74 Å². The van der Waals surface area contributed by atoms with E-state index in [2.05, 4.69) is 15.3 Å². The molecular formula is C19H19N3O2. The molecule has 1 aromatic heterocycles. The molecule has 0 fully saturated rings. The number of aromatic nitrogens is 2. The summed E-state index contributed by atoms with van der Waals surface area (Å²) in [6.07, 6.45) is 1.29. The lowest BCUT2D eigenvalue weighted by Crippen LogP contribution is -2.27. The highest BCUT2D eigenvalue weighted by molar-refractivity contribution is 5.67. The van der Waals surface area contributed by atoms with E-state index in [1.807, 2.05) is 67.6 Å². The maximum Gasteiger partial charge on any atom is 0.408 e. The predicted molar refractivity (Wildman–Crippen MR) is 92.2 cm³/mol. The number of nitrogens with zero attached hydrogens (tertiary/aromatic N) is 1. The standard InChI is InChI=1S/C19H19N3O2/c1-14(21-19(23)24-13-15-8-4-2-5-9-15)18-20-12-17(22-18)16-10-6-3-7-11-16/h2-12,14H,13H2,1H3,(H,20,22)(H,21,23). The van der Waals surface area contributed by atoms with E-state index in [1.54, 1.807) is 6.20 Å². The summed E-state index contributed by atoms with van der Waals surface area (Å²) in [7, 11) is 0. The van der Waals surface area contributed by atoms with Gasteiger partial charge in [-0.2, -0.15) is 0 Å². The van der Waals surface area contributed by atoms with Gasteiger partial charge in [-0.1, -0.05) is 60.7 Å². The van der Waals surface area contributed by atoms with Crippen molar-refractivity contribution in [2.75, 3.05) is 0 Å². The Morgan fingerprint density at radius 2 is 1.79 bits per heavy atom. The number of hydrogen-bond donors (Lipinski definition) is 2. The fourth-order valence-corrected chi connectivity index (χ4v) is 2.33. The van der Waals surface area contributed by atoms with Crippen LogP contribution in [0, 0.1) is 0 Å². The number of benzene rings is 2. The Hall–Kier alpha value is -3.08. The third-order valence-electron chi connectivity index (χ3n) is 3.64. The minimum atomic E-state index is -0.469. The van der Waals surface area contributed by atoms with Gasteiger partial charge in [-0.3, -0.25) is 0 Å². The number of rotatable bonds is 5. The van der Waals surface area contributed by atoms with Crippen molar-refractivity contribution in [3.05, 3.63) is 78.2 Å². The van der Waals surface area contributed by atoms with E-state index in [1.165, 1.54) is 0 Å². The lowest BCUT2D eigenvalue weighted by Gasteiger charge is -2.12. The monoisotopic (exact) mass is 321 g/mol. The van der Waals surface area contributed by atoms with Gasteiger partial charge in [0.15, 0.2) is 0 Å². The zero-order chi connectivity index (χ0) is 16.8. The van der Waals surface area contributed by atoms with Gasteiger partial charge >= 0.3 is 6.09 Å². The predicted octanol–water partition coefficient (Wildman–Crippen LogP) is 4.06. The summed E-state index contributed by atoms with van der Waals surface area (Å²) in [6, 6.07) is 19.2. The van der Waals surface area contributed by atoms with Crippen LogP contribution in [0.4, 0.5) is 4.79 Å². The molecule has 1 atom stereocenters. The number of nitrogens with one attached hydrogen (secondary N) is 2. The van der Waals surface area contributed by atoms with Crippen LogP contribution in [-0.4, -0.2) is 16.1 Å². The highest BCUT2D eigenvalue weighted by atomic mass is 16.5. The number of alkyl carbamates (subject to hydrolysis) is 1. The van der Waals surface area contributed by atoms with Crippen LogP contribution in [0.25, 0.3) is 11.3 Å². The van der Waals surface area contributed by atoms with Crippen LogP contribution in [0.1, 0.15) is 24.4 Å². The number of hydrogen-bond acceptors (Lipinski definition) is 3. The molecule has 0 spiro atoms. The largest absolute Gasteiger partial charge is 0.445 e. The molecule has 0 bridgehead atoms.